The minimum absolute atomic E-state index is 0.338. The maximum atomic E-state index is 11.2. The van der Waals surface area contributed by atoms with Gasteiger partial charge in [0.1, 0.15) is 0 Å². The fraction of sp³-hybridized carbons (Fsp3) is 0.714. The number of hydrogen-bond donors (Lipinski definition) is 3. The molecule has 0 heterocycles. The van der Waals surface area contributed by atoms with E-state index in [0.717, 1.165) is 7.11 Å². The lowest BCUT2D eigenvalue weighted by Gasteiger charge is -2.08. The van der Waals surface area contributed by atoms with Crippen LogP contribution in [0, 0.1) is 0 Å². The number of nitrogens with one attached hydrogen (secondary N) is 1. The Bertz CT molecular complexity index is 350. The van der Waals surface area contributed by atoms with Gasteiger partial charge < -0.3 is 14.9 Å². The fourth-order valence-electron chi connectivity index (χ4n) is 0.685. The van der Waals surface area contributed by atoms with Crippen molar-refractivity contribution in [3.63, 3.8) is 0 Å². The van der Waals surface area contributed by atoms with E-state index in [2.05, 4.69) is 4.74 Å². The predicted molar refractivity (Wildman–Crippen MR) is 52.1 cm³/mol. The van der Waals surface area contributed by atoms with Crippen molar-refractivity contribution in [3.8, 4) is 0 Å². The number of aliphatic hydroxyl groups excluding tert-OH is 1. The molecule has 0 rings (SSSR count). The molecule has 0 aromatic rings. The number of carbonyl (C=O) groups excluding carboxylic acids is 1. The molecule has 0 saturated carbocycles. The smallest absolute Gasteiger partial charge is 0.333 e. The first-order valence-electron chi connectivity index (χ1n) is 4.23. The van der Waals surface area contributed by atoms with Gasteiger partial charge in [-0.2, -0.15) is 0 Å². The molecule has 0 aromatic heterocycles. The average molecular weight is 255 g/mol. The Morgan fingerprint density at radius 1 is 1.44 bits per heavy atom. The first-order valence-corrected chi connectivity index (χ1v) is 5.88. The van der Waals surface area contributed by atoms with Crippen molar-refractivity contribution in [1.82, 2.24) is 4.72 Å². The van der Waals surface area contributed by atoms with Gasteiger partial charge in [0.2, 0.25) is 10.0 Å². The number of rotatable bonds is 7. The van der Waals surface area contributed by atoms with Crippen LogP contribution in [0.15, 0.2) is 0 Å². The number of carboxylic acids is 1. The Morgan fingerprint density at radius 2 is 2.00 bits per heavy atom. The normalized spacial score (nSPS) is 13.1. The summed E-state index contributed by atoms with van der Waals surface area (Å²) < 4.78 is 28.4. The Morgan fingerprint density at radius 3 is 2.44 bits per heavy atom. The molecule has 16 heavy (non-hydrogen) atoms. The van der Waals surface area contributed by atoms with Crippen molar-refractivity contribution in [2.24, 2.45) is 0 Å². The lowest BCUT2D eigenvalue weighted by molar-refractivity contribution is -0.146. The largest absolute Gasteiger partial charge is 0.479 e. The van der Waals surface area contributed by atoms with E-state index in [1.807, 2.05) is 4.72 Å². The summed E-state index contributed by atoms with van der Waals surface area (Å²) in [6.45, 7) is -0.640. The first-order chi connectivity index (χ1) is 7.28. The number of carboxylic acid groups (broad SMARTS) is 1. The number of hydrogen-bond acceptors (Lipinski definition) is 6. The maximum absolute atomic E-state index is 11.2. The standard InChI is InChI=1S/C7H13NO7S/c1-15-6(10)2-3-16(13,14)8-4-5(9)7(11)12/h5,8-9H,2-4H2,1H3,(H,11,12). The van der Waals surface area contributed by atoms with E-state index in [9.17, 15) is 18.0 Å². The number of methoxy groups -OCH3 is 1. The highest BCUT2D eigenvalue weighted by Crippen LogP contribution is 1.92. The van der Waals surface area contributed by atoms with Crippen LogP contribution in [0.2, 0.25) is 0 Å². The molecule has 3 N–H and O–H groups in total. The Hall–Kier alpha value is -1.19. The zero-order valence-corrected chi connectivity index (χ0v) is 9.36. The summed E-state index contributed by atoms with van der Waals surface area (Å²) in [5.74, 6) is -2.74. The minimum atomic E-state index is -3.79. The zero-order valence-electron chi connectivity index (χ0n) is 8.54. The molecule has 0 amide bonds. The van der Waals surface area contributed by atoms with E-state index >= 15 is 0 Å². The number of carbonyl (C=O) groups is 2. The van der Waals surface area contributed by atoms with Crippen molar-refractivity contribution in [2.75, 3.05) is 19.4 Å². The molecule has 8 nitrogen and oxygen atoms in total. The van der Waals surface area contributed by atoms with Crippen molar-refractivity contribution in [2.45, 2.75) is 12.5 Å². The first kappa shape index (κ1) is 14.8. The molecule has 0 aliphatic heterocycles. The number of aliphatic hydroxyl groups is 1. The molecule has 0 spiro atoms. The highest BCUT2D eigenvalue weighted by atomic mass is 32.2. The summed E-state index contributed by atoms with van der Waals surface area (Å²) in [7, 11) is -2.67. The SMILES string of the molecule is COC(=O)CCS(=O)(=O)NCC(O)C(=O)O. The molecule has 94 valence electrons. The Balaban J connectivity index is 4.06. The van der Waals surface area contributed by atoms with Crippen molar-refractivity contribution >= 4 is 22.0 Å². The monoisotopic (exact) mass is 255 g/mol. The van der Waals surface area contributed by atoms with E-state index in [1.165, 1.54) is 0 Å². The second kappa shape index (κ2) is 6.40. The Labute approximate surface area is 92.3 Å². The topological polar surface area (TPSA) is 130 Å². The van der Waals surface area contributed by atoms with Gasteiger partial charge in [0.05, 0.1) is 19.3 Å². The van der Waals surface area contributed by atoms with Crippen LogP contribution in [0.1, 0.15) is 6.42 Å². The molecular weight excluding hydrogens is 242 g/mol. The molecule has 0 bridgehead atoms. The number of esters is 1. The molecule has 0 radical (unpaired) electrons. The number of ether oxygens (including phenoxy) is 1. The molecule has 0 saturated heterocycles. The van der Waals surface area contributed by atoms with Crippen molar-refractivity contribution in [3.05, 3.63) is 0 Å². The van der Waals surface area contributed by atoms with Crippen LogP contribution < -0.4 is 4.72 Å². The molecule has 1 atom stereocenters. The number of aliphatic carboxylic acids is 1. The van der Waals surface area contributed by atoms with Gasteiger partial charge in [0, 0.05) is 6.54 Å². The third-order valence-corrected chi connectivity index (χ3v) is 2.93. The lowest BCUT2D eigenvalue weighted by Crippen LogP contribution is -2.37. The highest BCUT2D eigenvalue weighted by molar-refractivity contribution is 7.89. The second-order valence-electron chi connectivity index (χ2n) is 2.85. The van der Waals surface area contributed by atoms with Gasteiger partial charge in [-0.15, -0.1) is 0 Å². The average Bonchev–Trinajstić information content (AvgIpc) is 2.22. The van der Waals surface area contributed by atoms with Gasteiger partial charge in [-0.3, -0.25) is 4.79 Å². The Kier molecular flexibility index (Phi) is 5.93. The van der Waals surface area contributed by atoms with E-state index in [4.69, 9.17) is 10.2 Å². The molecule has 0 fully saturated rings. The quantitative estimate of drug-likeness (QED) is 0.445. The van der Waals surface area contributed by atoms with Crippen molar-refractivity contribution < 1.29 is 33.0 Å². The summed E-state index contributed by atoms with van der Waals surface area (Å²) in [6, 6.07) is 0. The summed E-state index contributed by atoms with van der Waals surface area (Å²) in [6.07, 6.45) is -2.15. The van der Waals surface area contributed by atoms with E-state index in [0.29, 0.717) is 0 Å². The van der Waals surface area contributed by atoms with Crippen LogP contribution in [-0.2, 0) is 24.3 Å². The van der Waals surface area contributed by atoms with Gasteiger partial charge in [0.25, 0.3) is 0 Å². The highest BCUT2D eigenvalue weighted by Gasteiger charge is 2.18. The van der Waals surface area contributed by atoms with Gasteiger partial charge in [0.15, 0.2) is 6.10 Å². The van der Waals surface area contributed by atoms with E-state index < -0.39 is 40.4 Å². The summed E-state index contributed by atoms with van der Waals surface area (Å²) in [5, 5.41) is 17.1. The van der Waals surface area contributed by atoms with Gasteiger partial charge in [-0.05, 0) is 0 Å². The fourth-order valence-corrected chi connectivity index (χ4v) is 1.68. The summed E-state index contributed by atoms with van der Waals surface area (Å²) >= 11 is 0. The summed E-state index contributed by atoms with van der Waals surface area (Å²) in [4.78, 5) is 20.8. The van der Waals surface area contributed by atoms with E-state index in [1.54, 1.807) is 0 Å². The van der Waals surface area contributed by atoms with E-state index in [-0.39, 0.29) is 6.42 Å². The third kappa shape index (κ3) is 6.32. The van der Waals surface area contributed by atoms with Gasteiger partial charge >= 0.3 is 11.9 Å². The third-order valence-electron chi connectivity index (χ3n) is 1.58. The van der Waals surface area contributed by atoms with Gasteiger partial charge in [-0.25, -0.2) is 17.9 Å². The van der Waals surface area contributed by atoms with Crippen LogP contribution in [-0.4, -0.2) is 56.1 Å². The van der Waals surface area contributed by atoms with Crippen LogP contribution in [0.5, 0.6) is 0 Å². The van der Waals surface area contributed by atoms with Crippen LogP contribution >= 0.6 is 0 Å². The summed E-state index contributed by atoms with van der Waals surface area (Å²) in [5.41, 5.74) is 0. The number of sulfonamides is 1. The van der Waals surface area contributed by atoms with Gasteiger partial charge in [-0.1, -0.05) is 0 Å². The maximum Gasteiger partial charge on any atom is 0.333 e. The zero-order chi connectivity index (χ0) is 12.8. The molecule has 0 aliphatic rings. The molecule has 9 heteroatoms. The molecule has 0 aromatic carbocycles. The van der Waals surface area contributed by atoms with Crippen LogP contribution in [0.3, 0.4) is 0 Å². The van der Waals surface area contributed by atoms with Crippen molar-refractivity contribution in [1.29, 1.82) is 0 Å². The minimum Gasteiger partial charge on any atom is -0.479 e. The predicted octanol–water partition coefficient (Wildman–Crippen LogP) is -2.09. The molecular formula is C7H13NO7S. The molecule has 0 aliphatic carbocycles. The molecule has 1 unspecified atom stereocenters. The van der Waals surface area contributed by atoms with Crippen LogP contribution in [0.25, 0.3) is 0 Å². The lowest BCUT2D eigenvalue weighted by atomic mass is 10.4. The van der Waals surface area contributed by atoms with Crippen LogP contribution in [0.4, 0.5) is 0 Å². The second-order valence-corrected chi connectivity index (χ2v) is 4.77.